The zero-order chi connectivity index (χ0) is 14.6. The van der Waals surface area contributed by atoms with E-state index in [9.17, 15) is 5.11 Å². The molecule has 1 fully saturated rings. The Labute approximate surface area is 119 Å². The molecule has 0 amide bonds. The molecule has 1 aliphatic rings. The highest BCUT2D eigenvalue weighted by Crippen LogP contribution is 2.30. The maximum absolute atomic E-state index is 9.77. The number of rotatable bonds is 6. The van der Waals surface area contributed by atoms with Crippen molar-refractivity contribution in [3.8, 4) is 0 Å². The smallest absolute Gasteiger partial charge is 0.164 e. The summed E-state index contributed by atoms with van der Waals surface area (Å²) in [7, 11) is 0. The molecule has 1 saturated heterocycles. The lowest BCUT2D eigenvalue weighted by molar-refractivity contribution is -0.159. The molecule has 1 heterocycles. The van der Waals surface area contributed by atoms with E-state index < -0.39 is 24.1 Å². The van der Waals surface area contributed by atoms with Gasteiger partial charge in [0.05, 0.1) is 19.8 Å². The van der Waals surface area contributed by atoms with Crippen LogP contribution in [0.5, 0.6) is 0 Å². The van der Waals surface area contributed by atoms with Gasteiger partial charge < -0.3 is 24.4 Å². The van der Waals surface area contributed by atoms with Crippen molar-refractivity contribution in [3.05, 3.63) is 35.9 Å². The average Bonchev–Trinajstić information content (AvgIpc) is 2.74. The molecule has 112 valence electrons. The van der Waals surface area contributed by atoms with Gasteiger partial charge in [-0.05, 0) is 19.4 Å². The largest absolute Gasteiger partial charge is 0.394 e. The molecule has 5 heteroatoms. The van der Waals surface area contributed by atoms with E-state index in [0.29, 0.717) is 13.2 Å². The van der Waals surface area contributed by atoms with Crippen molar-refractivity contribution in [2.75, 3.05) is 13.2 Å². The van der Waals surface area contributed by atoms with Gasteiger partial charge in [-0.2, -0.15) is 0 Å². The van der Waals surface area contributed by atoms with Gasteiger partial charge in [0, 0.05) is 0 Å². The SMILES string of the molecule is CC1(C)O[C@@H]([C@@H](O)CO)[C@H](COCc2ccccc2)O1. The summed E-state index contributed by atoms with van der Waals surface area (Å²) < 4.78 is 16.9. The number of benzene rings is 1. The van der Waals surface area contributed by atoms with Gasteiger partial charge in [-0.1, -0.05) is 30.3 Å². The number of aliphatic hydroxyl groups excluding tert-OH is 2. The fraction of sp³-hybridized carbons (Fsp3) is 0.600. The molecule has 2 rings (SSSR count). The van der Waals surface area contributed by atoms with Crippen molar-refractivity contribution < 1.29 is 24.4 Å². The molecular weight excluding hydrogens is 260 g/mol. The van der Waals surface area contributed by atoms with Crippen LogP contribution in [0.2, 0.25) is 0 Å². The summed E-state index contributed by atoms with van der Waals surface area (Å²) in [4.78, 5) is 0. The van der Waals surface area contributed by atoms with Gasteiger partial charge in [0.15, 0.2) is 5.79 Å². The summed E-state index contributed by atoms with van der Waals surface area (Å²) in [6.45, 7) is 3.98. The summed E-state index contributed by atoms with van der Waals surface area (Å²) in [5.74, 6) is -0.776. The minimum atomic E-state index is -0.970. The second kappa shape index (κ2) is 6.65. The molecule has 0 aliphatic carbocycles. The molecule has 1 aromatic carbocycles. The first kappa shape index (κ1) is 15.4. The van der Waals surface area contributed by atoms with Crippen LogP contribution in [-0.4, -0.2) is 47.5 Å². The predicted molar refractivity (Wildman–Crippen MR) is 73.0 cm³/mol. The van der Waals surface area contributed by atoms with Gasteiger partial charge in [-0.25, -0.2) is 0 Å². The molecular formula is C15H22O5. The molecule has 0 spiro atoms. The molecule has 0 saturated carbocycles. The van der Waals surface area contributed by atoms with Gasteiger partial charge in [0.25, 0.3) is 0 Å². The topological polar surface area (TPSA) is 68.2 Å². The minimum Gasteiger partial charge on any atom is -0.394 e. The molecule has 0 unspecified atom stereocenters. The molecule has 3 atom stereocenters. The van der Waals surface area contributed by atoms with Gasteiger partial charge in [0.2, 0.25) is 0 Å². The molecule has 1 aromatic rings. The lowest BCUT2D eigenvalue weighted by Crippen LogP contribution is -2.39. The summed E-state index contributed by atoms with van der Waals surface area (Å²) in [6.07, 6.45) is -1.94. The van der Waals surface area contributed by atoms with Crippen molar-refractivity contribution in [1.29, 1.82) is 0 Å². The Morgan fingerprint density at radius 1 is 1.25 bits per heavy atom. The fourth-order valence-electron chi connectivity index (χ4n) is 2.29. The van der Waals surface area contributed by atoms with E-state index in [1.54, 1.807) is 13.8 Å². The Balaban J connectivity index is 1.87. The second-order valence-corrected chi connectivity index (χ2v) is 5.39. The Morgan fingerprint density at radius 2 is 1.95 bits per heavy atom. The lowest BCUT2D eigenvalue weighted by Gasteiger charge is -2.20. The number of ether oxygens (including phenoxy) is 3. The summed E-state index contributed by atoms with van der Waals surface area (Å²) in [5, 5.41) is 18.8. The zero-order valence-corrected chi connectivity index (χ0v) is 11.9. The van der Waals surface area contributed by atoms with Crippen LogP contribution in [0.4, 0.5) is 0 Å². The Morgan fingerprint density at radius 3 is 2.60 bits per heavy atom. The average molecular weight is 282 g/mol. The van der Waals surface area contributed by atoms with Gasteiger partial charge >= 0.3 is 0 Å². The van der Waals surface area contributed by atoms with E-state index in [-0.39, 0.29) is 6.61 Å². The van der Waals surface area contributed by atoms with Crippen LogP contribution in [0.1, 0.15) is 19.4 Å². The van der Waals surface area contributed by atoms with E-state index in [1.807, 2.05) is 30.3 Å². The monoisotopic (exact) mass is 282 g/mol. The summed E-state index contributed by atoms with van der Waals surface area (Å²) >= 11 is 0. The maximum Gasteiger partial charge on any atom is 0.164 e. The van der Waals surface area contributed by atoms with E-state index in [0.717, 1.165) is 5.56 Å². The lowest BCUT2D eigenvalue weighted by atomic mass is 10.1. The molecule has 0 radical (unpaired) electrons. The standard InChI is InChI=1S/C15H22O5/c1-15(2)19-13(14(20-15)12(17)8-16)10-18-9-11-6-4-3-5-7-11/h3-7,12-14,16-17H,8-10H2,1-2H3/t12-,13-,14-/m0/s1. The maximum atomic E-state index is 9.77. The van der Waals surface area contributed by atoms with Crippen molar-refractivity contribution in [1.82, 2.24) is 0 Å². The normalized spacial score (nSPS) is 26.6. The van der Waals surface area contributed by atoms with Crippen LogP contribution in [0.25, 0.3) is 0 Å². The highest BCUT2D eigenvalue weighted by atomic mass is 16.8. The molecule has 2 N–H and O–H groups in total. The predicted octanol–water partition coefficient (Wildman–Crippen LogP) is 1.08. The van der Waals surface area contributed by atoms with Crippen LogP contribution < -0.4 is 0 Å². The van der Waals surface area contributed by atoms with Crippen molar-refractivity contribution in [3.63, 3.8) is 0 Å². The first-order chi connectivity index (χ1) is 9.52. The highest BCUT2D eigenvalue weighted by Gasteiger charge is 2.44. The van der Waals surface area contributed by atoms with Crippen LogP contribution in [0.3, 0.4) is 0 Å². The van der Waals surface area contributed by atoms with Crippen LogP contribution in [0.15, 0.2) is 30.3 Å². The fourth-order valence-corrected chi connectivity index (χ4v) is 2.29. The second-order valence-electron chi connectivity index (χ2n) is 5.39. The Kier molecular flexibility index (Phi) is 5.12. The third kappa shape index (κ3) is 4.01. The van der Waals surface area contributed by atoms with E-state index >= 15 is 0 Å². The van der Waals surface area contributed by atoms with Gasteiger partial charge in [-0.3, -0.25) is 0 Å². The molecule has 5 nitrogen and oxygen atoms in total. The molecule has 20 heavy (non-hydrogen) atoms. The van der Waals surface area contributed by atoms with Crippen molar-refractivity contribution >= 4 is 0 Å². The molecule has 1 aliphatic heterocycles. The molecule has 0 aromatic heterocycles. The number of aliphatic hydroxyl groups is 2. The Bertz CT molecular complexity index is 406. The first-order valence-electron chi connectivity index (χ1n) is 6.78. The first-order valence-corrected chi connectivity index (χ1v) is 6.78. The summed E-state index contributed by atoms with van der Waals surface area (Å²) in [6, 6.07) is 9.82. The van der Waals surface area contributed by atoms with Gasteiger partial charge in [-0.15, -0.1) is 0 Å². The molecule has 0 bridgehead atoms. The third-order valence-corrected chi connectivity index (χ3v) is 3.18. The third-order valence-electron chi connectivity index (χ3n) is 3.18. The summed E-state index contributed by atoms with van der Waals surface area (Å²) in [5.41, 5.74) is 1.07. The van der Waals surface area contributed by atoms with Crippen LogP contribution in [-0.2, 0) is 20.8 Å². The highest BCUT2D eigenvalue weighted by molar-refractivity contribution is 5.13. The van der Waals surface area contributed by atoms with Crippen molar-refractivity contribution in [2.24, 2.45) is 0 Å². The quantitative estimate of drug-likeness (QED) is 0.817. The van der Waals surface area contributed by atoms with E-state index in [4.69, 9.17) is 19.3 Å². The van der Waals surface area contributed by atoms with Gasteiger partial charge in [0.1, 0.15) is 18.3 Å². The van der Waals surface area contributed by atoms with E-state index in [2.05, 4.69) is 0 Å². The number of hydrogen-bond donors (Lipinski definition) is 2. The number of hydrogen-bond acceptors (Lipinski definition) is 5. The Hall–Kier alpha value is -0.980. The minimum absolute atomic E-state index is 0.306. The zero-order valence-electron chi connectivity index (χ0n) is 11.9. The van der Waals surface area contributed by atoms with E-state index in [1.165, 1.54) is 0 Å². The van der Waals surface area contributed by atoms with Crippen molar-refractivity contribution in [2.45, 2.75) is 44.6 Å². The van der Waals surface area contributed by atoms with Crippen LogP contribution in [0, 0.1) is 0 Å². The van der Waals surface area contributed by atoms with Crippen LogP contribution >= 0.6 is 0 Å².